The number of benzene rings is 4. The molecule has 0 aliphatic heterocycles. The minimum absolute atomic E-state index is 0. The van der Waals surface area contributed by atoms with Crippen LogP contribution < -0.4 is 0 Å². The van der Waals surface area contributed by atoms with E-state index < -0.39 is 13.7 Å². The summed E-state index contributed by atoms with van der Waals surface area (Å²) in [4.78, 5) is 13.5. The van der Waals surface area contributed by atoms with Crippen LogP contribution in [0, 0.1) is 25.8 Å². The van der Waals surface area contributed by atoms with Gasteiger partial charge in [-0.3, -0.25) is 4.98 Å². The minimum atomic E-state index is -2.60. The predicted molar refractivity (Wildman–Crippen MR) is 171 cm³/mol. The summed E-state index contributed by atoms with van der Waals surface area (Å²) in [5, 5.41) is 0.847. The molecule has 0 unspecified atom stereocenters. The van der Waals surface area contributed by atoms with E-state index >= 15 is 0 Å². The molecule has 0 bridgehead atoms. The van der Waals surface area contributed by atoms with Gasteiger partial charge in [0, 0.05) is 51.8 Å². The zero-order valence-corrected chi connectivity index (χ0v) is 25.4. The van der Waals surface area contributed by atoms with Gasteiger partial charge in [-0.15, -0.1) is 64.9 Å². The summed E-state index contributed by atoms with van der Waals surface area (Å²) >= 11 is 1.49. The first-order valence-electron chi connectivity index (χ1n) is 15.9. The van der Waals surface area contributed by atoms with Crippen LogP contribution in [0.2, 0.25) is 0 Å². The Morgan fingerprint density at radius 3 is 2.12 bits per heavy atom. The number of hydrogen-bond donors (Lipinski definition) is 0. The minimum Gasteiger partial charge on any atom is -0.305 e. The van der Waals surface area contributed by atoms with Crippen LogP contribution in [-0.4, -0.2) is 15.0 Å². The summed E-state index contributed by atoms with van der Waals surface area (Å²) in [5.74, 6) is 0. The van der Waals surface area contributed by atoms with Crippen molar-refractivity contribution >= 4 is 21.6 Å². The fourth-order valence-corrected chi connectivity index (χ4v) is 5.31. The fraction of sp³-hybridized carbons (Fsp3) is 0.0541. The van der Waals surface area contributed by atoms with Crippen molar-refractivity contribution in [2.75, 3.05) is 0 Å². The molecule has 1 radical (unpaired) electrons. The second-order valence-electron chi connectivity index (χ2n) is 9.13. The van der Waals surface area contributed by atoms with Gasteiger partial charge in [0.15, 0.2) is 0 Å². The predicted octanol–water partition coefficient (Wildman–Crippen LogP) is 9.66. The van der Waals surface area contributed by atoms with E-state index in [0.717, 1.165) is 49.4 Å². The van der Waals surface area contributed by atoms with Crippen molar-refractivity contribution in [3.05, 3.63) is 151 Å². The van der Waals surface area contributed by atoms with Gasteiger partial charge >= 0.3 is 0 Å². The third-order valence-electron chi connectivity index (χ3n) is 6.35. The maximum absolute atomic E-state index is 7.90. The first-order chi connectivity index (χ1) is 22.6. The maximum atomic E-state index is 7.90. The van der Waals surface area contributed by atoms with Crippen LogP contribution in [0.5, 0.6) is 0 Å². The SMILES string of the molecule is [2H]C([2H])([2H])c1cnc(-c2[c-]c3sc(-c4ccccc4)nc3c(-c3ccccc3)c2)cc1C([2H])([2H])[2H].[Ir].[c-]1ccccc1-c1ccccn1. The Morgan fingerprint density at radius 2 is 1.43 bits per heavy atom. The summed E-state index contributed by atoms with van der Waals surface area (Å²) in [7, 11) is 0. The van der Waals surface area contributed by atoms with Gasteiger partial charge in [-0.05, 0) is 47.0 Å². The molecule has 0 spiro atoms. The van der Waals surface area contributed by atoms with E-state index in [1.165, 1.54) is 17.4 Å². The molecule has 7 rings (SSSR count). The quantitative estimate of drug-likeness (QED) is 0.169. The van der Waals surface area contributed by atoms with Gasteiger partial charge in [0.25, 0.3) is 0 Å². The standard InChI is InChI=1S/C26H19N2S.C11H8N.Ir/c1-17-13-23(27-16-18(17)2)21-14-22(19-9-5-3-6-10-19)25-24(15-21)29-26(28-25)20-11-7-4-8-12-20;1-2-6-10(7-3-1)11-8-4-5-9-12-11;/h3-14,16H,1-2H3;1-6,8-9H;/q2*-1;/i1D3,2D3;;. The van der Waals surface area contributed by atoms with E-state index in [-0.39, 0.29) is 31.2 Å². The van der Waals surface area contributed by atoms with E-state index in [1.807, 2.05) is 109 Å². The van der Waals surface area contributed by atoms with Crippen molar-refractivity contribution in [2.24, 2.45) is 0 Å². The Balaban J connectivity index is 0.000000291. The Bertz CT molecular complexity index is 2070. The summed E-state index contributed by atoms with van der Waals surface area (Å²) in [5.41, 5.74) is 6.03. The molecule has 0 fully saturated rings. The molecule has 5 heteroatoms. The molecular weight excluding hydrogens is 711 g/mol. The van der Waals surface area contributed by atoms with Gasteiger partial charge in [0.05, 0.1) is 0 Å². The van der Waals surface area contributed by atoms with Gasteiger partial charge in [-0.2, -0.15) is 0 Å². The van der Waals surface area contributed by atoms with Crippen molar-refractivity contribution in [2.45, 2.75) is 13.7 Å². The van der Waals surface area contributed by atoms with Gasteiger partial charge < -0.3 is 9.97 Å². The largest absolute Gasteiger partial charge is 0.305 e. The van der Waals surface area contributed by atoms with Gasteiger partial charge in [-0.25, -0.2) is 0 Å². The summed E-state index contributed by atoms with van der Waals surface area (Å²) in [6.45, 7) is -5.18. The molecule has 0 saturated heterocycles. The molecule has 0 N–H and O–H groups in total. The number of aryl methyl sites for hydroxylation is 2. The van der Waals surface area contributed by atoms with Gasteiger partial charge in [0.1, 0.15) is 5.01 Å². The first-order valence-corrected chi connectivity index (χ1v) is 13.8. The number of aromatic nitrogens is 3. The Morgan fingerprint density at radius 1 is 0.690 bits per heavy atom. The van der Waals surface area contributed by atoms with Crippen LogP contribution in [0.3, 0.4) is 0 Å². The topological polar surface area (TPSA) is 38.7 Å². The number of thiazole rings is 1. The van der Waals surface area contributed by atoms with Crippen molar-refractivity contribution in [3.63, 3.8) is 0 Å². The van der Waals surface area contributed by atoms with Crippen LogP contribution in [0.4, 0.5) is 0 Å². The number of hydrogen-bond acceptors (Lipinski definition) is 4. The molecule has 42 heavy (non-hydrogen) atoms. The van der Waals surface area contributed by atoms with Crippen molar-refractivity contribution < 1.29 is 28.3 Å². The molecule has 207 valence electrons. The molecule has 7 aromatic rings. The molecule has 0 atom stereocenters. The van der Waals surface area contributed by atoms with Crippen LogP contribution in [0.25, 0.3) is 54.4 Å². The zero-order chi connectivity index (χ0) is 33.0. The van der Waals surface area contributed by atoms with E-state index in [4.69, 9.17) is 13.2 Å². The van der Waals surface area contributed by atoms with E-state index in [2.05, 4.69) is 22.1 Å². The second kappa shape index (κ2) is 13.6. The fourth-order valence-electron chi connectivity index (χ4n) is 4.32. The van der Waals surface area contributed by atoms with E-state index in [9.17, 15) is 0 Å². The second-order valence-corrected chi connectivity index (χ2v) is 10.1. The molecule has 3 aromatic heterocycles. The average Bonchev–Trinajstić information content (AvgIpc) is 3.53. The zero-order valence-electron chi connectivity index (χ0n) is 28.2. The van der Waals surface area contributed by atoms with Crippen LogP contribution in [0.1, 0.15) is 19.4 Å². The smallest absolute Gasteiger partial charge is 0.112 e. The molecule has 0 aliphatic carbocycles. The molecule has 3 heterocycles. The van der Waals surface area contributed by atoms with Crippen molar-refractivity contribution in [1.29, 1.82) is 0 Å². The molecular formula is C37H27IrN3S-2. The summed E-state index contributed by atoms with van der Waals surface area (Å²) in [6, 6.07) is 43.1. The first kappa shape index (κ1) is 22.3. The van der Waals surface area contributed by atoms with E-state index in [1.54, 1.807) is 6.20 Å². The van der Waals surface area contributed by atoms with Crippen LogP contribution >= 0.6 is 11.3 Å². The van der Waals surface area contributed by atoms with Gasteiger partial charge in [-0.1, -0.05) is 90.0 Å². The van der Waals surface area contributed by atoms with Crippen molar-refractivity contribution in [1.82, 2.24) is 15.0 Å². The number of rotatable bonds is 4. The normalized spacial score (nSPS) is 13.1. The Labute approximate surface area is 272 Å². The van der Waals surface area contributed by atoms with E-state index in [0.29, 0.717) is 11.3 Å². The van der Waals surface area contributed by atoms with Crippen LogP contribution in [-0.2, 0) is 20.1 Å². The average molecular weight is 744 g/mol. The number of nitrogens with zero attached hydrogens (tertiary/aromatic N) is 3. The monoisotopic (exact) mass is 744 g/mol. The van der Waals surface area contributed by atoms with Gasteiger partial charge in [0.2, 0.25) is 0 Å². The Hall–Kier alpha value is -4.28. The third-order valence-corrected chi connectivity index (χ3v) is 7.37. The Kier molecular flexibility index (Phi) is 7.23. The summed E-state index contributed by atoms with van der Waals surface area (Å²) in [6.07, 6.45) is 2.93. The number of pyridine rings is 2. The molecule has 4 aromatic carbocycles. The molecule has 0 amide bonds. The molecule has 0 saturated carbocycles. The maximum Gasteiger partial charge on any atom is 0.112 e. The molecule has 3 nitrogen and oxygen atoms in total. The van der Waals surface area contributed by atoms with Crippen molar-refractivity contribution in [3.8, 4) is 44.2 Å². The number of fused-ring (bicyclic) bond motifs is 1. The molecule has 0 aliphatic rings. The summed E-state index contributed by atoms with van der Waals surface area (Å²) < 4.78 is 47.7. The van der Waals surface area contributed by atoms with Crippen LogP contribution in [0.15, 0.2) is 128 Å². The third kappa shape index (κ3) is 6.61.